The van der Waals surface area contributed by atoms with Crippen LogP contribution in [0, 0.1) is 5.82 Å². The number of rotatable bonds is 2. The Bertz CT molecular complexity index is 424. The Kier molecular flexibility index (Phi) is 4.34. The zero-order valence-electron chi connectivity index (χ0n) is 10.2. The average Bonchev–Trinajstić information content (AvgIpc) is 2.17. The Morgan fingerprint density at radius 2 is 2.12 bits per heavy atom. The van der Waals surface area contributed by atoms with Crippen LogP contribution in [0.4, 0.5) is 4.39 Å². The molecule has 0 atom stereocenters. The number of aliphatic imine (C=N–C) groups is 1. The summed E-state index contributed by atoms with van der Waals surface area (Å²) >= 11 is 5.67. The molecule has 0 spiro atoms. The van der Waals surface area contributed by atoms with E-state index in [0.717, 1.165) is 5.56 Å². The van der Waals surface area contributed by atoms with Gasteiger partial charge in [-0.25, -0.2) is 9.38 Å². The normalized spacial score (nSPS) is 12.6. The van der Waals surface area contributed by atoms with Gasteiger partial charge in [0.25, 0.3) is 0 Å². The first-order valence-corrected chi connectivity index (χ1v) is 5.68. The van der Waals surface area contributed by atoms with Crippen molar-refractivity contribution in [1.82, 2.24) is 5.32 Å². The first-order chi connectivity index (χ1) is 7.78. The molecule has 0 saturated carbocycles. The molecule has 94 valence electrons. The molecule has 1 aromatic rings. The molecule has 0 bridgehead atoms. The van der Waals surface area contributed by atoms with Crippen molar-refractivity contribution >= 4 is 17.6 Å². The fourth-order valence-corrected chi connectivity index (χ4v) is 1.44. The van der Waals surface area contributed by atoms with Gasteiger partial charge in [-0.15, -0.1) is 0 Å². The van der Waals surface area contributed by atoms with E-state index in [0.29, 0.717) is 12.5 Å². The van der Waals surface area contributed by atoms with Crippen LogP contribution in [0.3, 0.4) is 0 Å². The molecule has 0 saturated heterocycles. The lowest BCUT2D eigenvalue weighted by Gasteiger charge is -2.20. The standard InChI is InChI=1S/C12H17ClFN3/c1-12(2,3)17-11(15)16-7-8-4-5-10(14)9(13)6-8/h4-6H,7H2,1-3H3,(H3,15,16,17). The quantitative estimate of drug-likeness (QED) is 0.632. The maximum absolute atomic E-state index is 12.9. The minimum absolute atomic E-state index is 0.0973. The third-order valence-electron chi connectivity index (χ3n) is 1.92. The minimum atomic E-state index is -0.430. The van der Waals surface area contributed by atoms with Crippen molar-refractivity contribution < 1.29 is 4.39 Å². The van der Waals surface area contributed by atoms with E-state index in [4.69, 9.17) is 17.3 Å². The van der Waals surface area contributed by atoms with Crippen LogP contribution < -0.4 is 11.1 Å². The highest BCUT2D eigenvalue weighted by molar-refractivity contribution is 6.30. The molecule has 1 aromatic carbocycles. The molecule has 0 fully saturated rings. The molecular formula is C12H17ClFN3. The molecule has 0 aliphatic rings. The Morgan fingerprint density at radius 3 is 2.65 bits per heavy atom. The van der Waals surface area contributed by atoms with Crippen LogP contribution in [0.1, 0.15) is 26.3 Å². The molecule has 0 aliphatic heterocycles. The highest BCUT2D eigenvalue weighted by atomic mass is 35.5. The minimum Gasteiger partial charge on any atom is -0.370 e. The third-order valence-corrected chi connectivity index (χ3v) is 2.21. The van der Waals surface area contributed by atoms with Crippen molar-refractivity contribution in [2.45, 2.75) is 32.9 Å². The second-order valence-corrected chi connectivity index (χ2v) is 5.23. The van der Waals surface area contributed by atoms with E-state index in [1.165, 1.54) is 6.07 Å². The van der Waals surface area contributed by atoms with Crippen molar-refractivity contribution in [3.63, 3.8) is 0 Å². The van der Waals surface area contributed by atoms with Crippen molar-refractivity contribution in [1.29, 1.82) is 0 Å². The summed E-state index contributed by atoms with van der Waals surface area (Å²) in [4.78, 5) is 4.15. The molecule has 1 rings (SSSR count). The van der Waals surface area contributed by atoms with Crippen LogP contribution in [0.5, 0.6) is 0 Å². The van der Waals surface area contributed by atoms with Crippen LogP contribution in [0.25, 0.3) is 0 Å². The SMILES string of the molecule is CC(C)(C)NC(N)=NCc1ccc(F)c(Cl)c1. The first-order valence-electron chi connectivity index (χ1n) is 5.30. The van der Waals surface area contributed by atoms with E-state index in [1.807, 2.05) is 20.8 Å². The van der Waals surface area contributed by atoms with E-state index < -0.39 is 5.82 Å². The van der Waals surface area contributed by atoms with Gasteiger partial charge in [0.2, 0.25) is 0 Å². The van der Waals surface area contributed by atoms with E-state index in [-0.39, 0.29) is 10.6 Å². The van der Waals surface area contributed by atoms with Gasteiger partial charge in [0.15, 0.2) is 5.96 Å². The molecule has 0 heterocycles. The summed E-state index contributed by atoms with van der Waals surface area (Å²) in [5.41, 5.74) is 6.39. The second kappa shape index (κ2) is 5.36. The fraction of sp³-hybridized carbons (Fsp3) is 0.417. The van der Waals surface area contributed by atoms with Crippen molar-refractivity contribution in [2.24, 2.45) is 10.7 Å². The average molecular weight is 258 g/mol. The lowest BCUT2D eigenvalue weighted by molar-refractivity contribution is 0.508. The van der Waals surface area contributed by atoms with Gasteiger partial charge < -0.3 is 11.1 Å². The topological polar surface area (TPSA) is 50.4 Å². The largest absolute Gasteiger partial charge is 0.370 e. The highest BCUT2D eigenvalue weighted by Gasteiger charge is 2.09. The van der Waals surface area contributed by atoms with Crippen LogP contribution in [-0.2, 0) is 6.54 Å². The van der Waals surface area contributed by atoms with Crippen LogP contribution in [0.15, 0.2) is 23.2 Å². The summed E-state index contributed by atoms with van der Waals surface area (Å²) in [5.74, 6) is -0.0712. The van der Waals surface area contributed by atoms with Crippen LogP contribution in [0.2, 0.25) is 5.02 Å². The summed E-state index contributed by atoms with van der Waals surface area (Å²) in [7, 11) is 0. The number of hydrogen-bond donors (Lipinski definition) is 2. The van der Waals surface area contributed by atoms with Gasteiger partial charge in [0.05, 0.1) is 11.6 Å². The second-order valence-electron chi connectivity index (χ2n) is 4.82. The molecule has 3 nitrogen and oxygen atoms in total. The summed E-state index contributed by atoms with van der Waals surface area (Å²) in [6, 6.07) is 4.50. The molecule has 0 aromatic heterocycles. The molecule has 0 radical (unpaired) electrons. The zero-order chi connectivity index (χ0) is 13.1. The number of halogens is 2. The van der Waals surface area contributed by atoms with Crippen LogP contribution in [-0.4, -0.2) is 11.5 Å². The van der Waals surface area contributed by atoms with Crippen LogP contribution >= 0.6 is 11.6 Å². The first kappa shape index (κ1) is 13.8. The molecule has 3 N–H and O–H groups in total. The summed E-state index contributed by atoms with van der Waals surface area (Å²) in [6.45, 7) is 6.34. The van der Waals surface area contributed by atoms with Gasteiger partial charge in [-0.3, -0.25) is 0 Å². The fourth-order valence-electron chi connectivity index (χ4n) is 1.24. The number of nitrogens with one attached hydrogen (secondary N) is 1. The summed E-state index contributed by atoms with van der Waals surface area (Å²) in [6.07, 6.45) is 0. The Balaban J connectivity index is 2.66. The Morgan fingerprint density at radius 1 is 1.47 bits per heavy atom. The summed E-state index contributed by atoms with van der Waals surface area (Å²) < 4.78 is 12.9. The zero-order valence-corrected chi connectivity index (χ0v) is 11.0. The van der Waals surface area contributed by atoms with E-state index in [1.54, 1.807) is 12.1 Å². The van der Waals surface area contributed by atoms with E-state index in [2.05, 4.69) is 10.3 Å². The molecule has 17 heavy (non-hydrogen) atoms. The molecule has 0 amide bonds. The molecule has 0 aliphatic carbocycles. The smallest absolute Gasteiger partial charge is 0.189 e. The molecule has 0 unspecified atom stereocenters. The molecule has 5 heteroatoms. The van der Waals surface area contributed by atoms with Gasteiger partial charge in [0, 0.05) is 5.54 Å². The van der Waals surface area contributed by atoms with Crippen molar-refractivity contribution in [3.8, 4) is 0 Å². The maximum Gasteiger partial charge on any atom is 0.189 e. The Labute approximate surface area is 106 Å². The predicted molar refractivity (Wildman–Crippen MR) is 69.6 cm³/mol. The highest BCUT2D eigenvalue weighted by Crippen LogP contribution is 2.16. The van der Waals surface area contributed by atoms with Gasteiger partial charge in [0.1, 0.15) is 5.82 Å². The van der Waals surface area contributed by atoms with Gasteiger partial charge in [-0.05, 0) is 38.5 Å². The molecular weight excluding hydrogens is 241 g/mol. The van der Waals surface area contributed by atoms with E-state index in [9.17, 15) is 4.39 Å². The lowest BCUT2D eigenvalue weighted by atomic mass is 10.1. The summed E-state index contributed by atoms with van der Waals surface area (Å²) in [5, 5.41) is 3.13. The number of benzene rings is 1. The van der Waals surface area contributed by atoms with Gasteiger partial charge in [-0.1, -0.05) is 17.7 Å². The van der Waals surface area contributed by atoms with Gasteiger partial charge >= 0.3 is 0 Å². The van der Waals surface area contributed by atoms with E-state index >= 15 is 0 Å². The number of nitrogens with two attached hydrogens (primary N) is 1. The van der Waals surface area contributed by atoms with Crippen molar-refractivity contribution in [2.75, 3.05) is 0 Å². The number of hydrogen-bond acceptors (Lipinski definition) is 1. The Hall–Kier alpha value is -1.29. The monoisotopic (exact) mass is 257 g/mol. The van der Waals surface area contributed by atoms with Gasteiger partial charge in [-0.2, -0.15) is 0 Å². The predicted octanol–water partition coefficient (Wildman–Crippen LogP) is 2.68. The lowest BCUT2D eigenvalue weighted by Crippen LogP contribution is -2.44. The maximum atomic E-state index is 12.9. The van der Waals surface area contributed by atoms with Crippen molar-refractivity contribution in [3.05, 3.63) is 34.6 Å². The number of guanidine groups is 1. The number of nitrogens with zero attached hydrogens (tertiary/aromatic N) is 1. The third kappa shape index (κ3) is 5.04.